The lowest BCUT2D eigenvalue weighted by molar-refractivity contribution is 0.00978. The van der Waals surface area contributed by atoms with Crippen molar-refractivity contribution in [1.82, 2.24) is 4.90 Å². The van der Waals surface area contributed by atoms with Crippen molar-refractivity contribution < 1.29 is 13.9 Å². The molecule has 0 saturated heterocycles. The van der Waals surface area contributed by atoms with Crippen molar-refractivity contribution in [3.05, 3.63) is 113 Å². The van der Waals surface area contributed by atoms with E-state index in [2.05, 4.69) is 114 Å². The first kappa shape index (κ1) is 33.7. The average Bonchev–Trinajstić information content (AvgIpc) is 2.96. The molecule has 0 amide bonds. The predicted molar refractivity (Wildman–Crippen MR) is 186 cm³/mol. The first-order valence-electron chi connectivity index (χ1n) is 16.2. The summed E-state index contributed by atoms with van der Waals surface area (Å²) in [5.41, 5.74) is 3.11. The maximum Gasteiger partial charge on any atom is 0.320 e. The quantitative estimate of drug-likeness (QED) is 0.173. The van der Waals surface area contributed by atoms with Crippen LogP contribution >= 0.6 is 0 Å². The van der Waals surface area contributed by atoms with Gasteiger partial charge in [-0.15, -0.1) is 0 Å². The van der Waals surface area contributed by atoms with Crippen molar-refractivity contribution >= 4 is 24.3 Å². The van der Waals surface area contributed by atoms with Gasteiger partial charge < -0.3 is 14.4 Å². The Morgan fingerprint density at radius 3 is 1.80 bits per heavy atom. The van der Waals surface area contributed by atoms with E-state index in [1.165, 1.54) is 10.4 Å². The van der Waals surface area contributed by atoms with Crippen molar-refractivity contribution in [2.24, 2.45) is 5.92 Å². The molecular formula is C39H52FNO2Si. The van der Waals surface area contributed by atoms with E-state index in [1.807, 2.05) is 26.0 Å². The molecule has 236 valence electrons. The molecule has 3 nitrogen and oxygen atoms in total. The van der Waals surface area contributed by atoms with Gasteiger partial charge in [0.2, 0.25) is 0 Å². The molecule has 0 fully saturated rings. The van der Waals surface area contributed by atoms with Crippen LogP contribution in [-0.2, 0) is 4.43 Å². The number of hydrogen-bond donors (Lipinski definition) is 1. The van der Waals surface area contributed by atoms with Gasteiger partial charge in [-0.05, 0) is 71.3 Å². The van der Waals surface area contributed by atoms with Crippen molar-refractivity contribution in [2.75, 3.05) is 7.05 Å². The number of hydrogen-bond acceptors (Lipinski definition) is 3. The third-order valence-corrected chi connectivity index (χ3v) is 13.9. The van der Waals surface area contributed by atoms with Crippen LogP contribution in [0.25, 0.3) is 5.57 Å². The fourth-order valence-electron chi connectivity index (χ4n) is 7.18. The molecule has 1 heterocycles. The third kappa shape index (κ3) is 6.60. The zero-order chi connectivity index (χ0) is 32.3. The predicted octanol–water partition coefficient (Wildman–Crippen LogP) is 8.69. The summed E-state index contributed by atoms with van der Waals surface area (Å²) in [6.07, 6.45) is 4.01. The van der Waals surface area contributed by atoms with Crippen LogP contribution in [0.5, 0.6) is 0 Å². The lowest BCUT2D eigenvalue weighted by Gasteiger charge is -2.50. The fourth-order valence-corrected chi connectivity index (χ4v) is 11.6. The van der Waals surface area contributed by atoms with Gasteiger partial charge in [-0.25, -0.2) is 4.39 Å². The highest BCUT2D eigenvalue weighted by molar-refractivity contribution is 6.99. The summed E-state index contributed by atoms with van der Waals surface area (Å²) in [4.78, 5) is 2.27. The molecule has 1 unspecified atom stereocenters. The second-order valence-electron chi connectivity index (χ2n) is 14.2. The zero-order valence-electron chi connectivity index (χ0n) is 28.2. The highest BCUT2D eigenvalue weighted by Crippen LogP contribution is 2.48. The summed E-state index contributed by atoms with van der Waals surface area (Å²) in [7, 11) is -0.925. The first-order valence-corrected chi connectivity index (χ1v) is 18.1. The molecule has 5 heteroatoms. The molecule has 3 aromatic carbocycles. The van der Waals surface area contributed by atoms with Crippen LogP contribution in [0.2, 0.25) is 5.04 Å². The van der Waals surface area contributed by atoms with E-state index in [9.17, 15) is 9.50 Å². The van der Waals surface area contributed by atoms with Crippen LogP contribution in [0.15, 0.2) is 102 Å². The van der Waals surface area contributed by atoms with Crippen LogP contribution in [-0.4, -0.2) is 37.0 Å². The highest BCUT2D eigenvalue weighted by Gasteiger charge is 2.54. The maximum atomic E-state index is 14.4. The molecule has 0 spiro atoms. The minimum absolute atomic E-state index is 0.103. The molecule has 0 radical (unpaired) electrons. The largest absolute Gasteiger partial charge is 0.532 e. The number of likely N-dealkylation sites (N-methyl/N-ethyl adjacent to an activating group) is 1. The Balaban J connectivity index is 2.15. The molecule has 1 aliphatic heterocycles. The number of rotatable bonds is 11. The number of aliphatic hydroxyl groups is 1. The van der Waals surface area contributed by atoms with Gasteiger partial charge in [0.05, 0.1) is 17.3 Å². The Morgan fingerprint density at radius 2 is 1.36 bits per heavy atom. The number of unbranched alkanes of at least 4 members (excludes halogenated alkanes) is 2. The Kier molecular flexibility index (Phi) is 10.3. The normalized spacial score (nSPS) is 16.6. The molecule has 1 atom stereocenters. The minimum atomic E-state index is -3.03. The van der Waals surface area contributed by atoms with E-state index in [0.29, 0.717) is 0 Å². The summed E-state index contributed by atoms with van der Waals surface area (Å²) in [6, 6.07) is 28.0. The topological polar surface area (TPSA) is 32.7 Å². The Morgan fingerprint density at radius 1 is 0.841 bits per heavy atom. The summed E-state index contributed by atoms with van der Waals surface area (Å²) in [5, 5.41) is 13.9. The molecule has 3 aromatic rings. The van der Waals surface area contributed by atoms with Crippen LogP contribution in [0.3, 0.4) is 0 Å². The maximum absolute atomic E-state index is 14.4. The molecule has 0 aliphatic carbocycles. The zero-order valence-corrected chi connectivity index (χ0v) is 29.2. The second-order valence-corrected chi connectivity index (χ2v) is 18.4. The number of nitrogens with zero attached hydrogens (tertiary/aromatic N) is 1. The molecule has 4 rings (SSSR count). The minimum Gasteiger partial charge on any atom is -0.532 e. The number of halogens is 1. The summed E-state index contributed by atoms with van der Waals surface area (Å²) in [6.45, 7) is 17.3. The molecular weight excluding hydrogens is 562 g/mol. The van der Waals surface area contributed by atoms with Crippen LogP contribution in [0.4, 0.5) is 4.39 Å². The van der Waals surface area contributed by atoms with Crippen LogP contribution in [0.1, 0.15) is 86.6 Å². The number of benzene rings is 3. The van der Waals surface area contributed by atoms with Gasteiger partial charge in [-0.3, -0.25) is 0 Å². The molecule has 0 saturated carbocycles. The molecule has 1 aliphatic rings. The van der Waals surface area contributed by atoms with Crippen LogP contribution in [0, 0.1) is 11.7 Å². The third-order valence-electron chi connectivity index (χ3n) is 8.95. The standard InChI is InChI=1S/C39H52FNO2Si/c1-10-11-14-23-33-34(29-24-26-30(40)27-25-29)36(35(28(2)3)41(9)37(33)39(7,8)42)43-44(38(4,5)6,31-19-15-12-16-20-31)32-21-17-13-18-22-32/h12-13,15-22,24-28,37,42H,10-11,14,23H2,1-9H3. The summed E-state index contributed by atoms with van der Waals surface area (Å²) < 4.78 is 22.3. The smallest absolute Gasteiger partial charge is 0.320 e. The van der Waals surface area contributed by atoms with Gasteiger partial charge in [0.1, 0.15) is 11.6 Å². The van der Waals surface area contributed by atoms with Crippen molar-refractivity contribution in [1.29, 1.82) is 0 Å². The summed E-state index contributed by atoms with van der Waals surface area (Å²) in [5.74, 6) is 0.692. The summed E-state index contributed by atoms with van der Waals surface area (Å²) >= 11 is 0. The molecule has 0 bridgehead atoms. The first-order chi connectivity index (χ1) is 20.7. The van der Waals surface area contributed by atoms with Gasteiger partial charge in [0, 0.05) is 12.6 Å². The van der Waals surface area contributed by atoms with E-state index in [0.717, 1.165) is 53.8 Å². The molecule has 44 heavy (non-hydrogen) atoms. The van der Waals surface area contributed by atoms with E-state index in [4.69, 9.17) is 4.43 Å². The average molecular weight is 614 g/mol. The van der Waals surface area contributed by atoms with E-state index >= 15 is 0 Å². The second kappa shape index (κ2) is 13.5. The van der Waals surface area contributed by atoms with Crippen molar-refractivity contribution in [2.45, 2.75) is 97.8 Å². The van der Waals surface area contributed by atoms with Crippen molar-refractivity contribution in [3.63, 3.8) is 0 Å². The molecule has 0 aromatic heterocycles. The van der Waals surface area contributed by atoms with Gasteiger partial charge in [0.25, 0.3) is 0 Å². The lowest BCUT2D eigenvalue weighted by Crippen LogP contribution is -2.66. The van der Waals surface area contributed by atoms with Crippen molar-refractivity contribution in [3.8, 4) is 0 Å². The monoisotopic (exact) mass is 613 g/mol. The van der Waals surface area contributed by atoms with Gasteiger partial charge in [-0.1, -0.05) is 127 Å². The molecule has 1 N–H and O–H groups in total. The van der Waals surface area contributed by atoms with E-state index in [-0.39, 0.29) is 22.8 Å². The van der Waals surface area contributed by atoms with Gasteiger partial charge >= 0.3 is 8.32 Å². The van der Waals surface area contributed by atoms with E-state index < -0.39 is 13.9 Å². The highest BCUT2D eigenvalue weighted by atomic mass is 28.4. The fraction of sp³-hybridized carbons (Fsp3) is 0.436. The van der Waals surface area contributed by atoms with Gasteiger partial charge in [0.15, 0.2) is 0 Å². The Hall–Kier alpha value is -3.15. The Labute approximate surface area is 266 Å². The van der Waals surface area contributed by atoms with Gasteiger partial charge in [-0.2, -0.15) is 0 Å². The Bertz CT molecular complexity index is 1410. The number of allylic oxidation sites excluding steroid dienone is 2. The SMILES string of the molecule is CCCCCC1=C(c2ccc(F)cc2)C(O[Si](c2ccccc2)(c2ccccc2)C(C)(C)C)=C(C(C)C)N(C)C1C(C)(C)O. The lowest BCUT2D eigenvalue weighted by atomic mass is 9.78. The van der Waals surface area contributed by atoms with Crippen LogP contribution < -0.4 is 10.4 Å². The van der Waals surface area contributed by atoms with E-state index in [1.54, 1.807) is 12.1 Å².